The maximum Gasteiger partial charge on any atom is 0.295 e. The molecule has 3 aromatic carbocycles. The molecule has 4 rings (SSSR count). The van der Waals surface area contributed by atoms with Gasteiger partial charge >= 0.3 is 0 Å². The van der Waals surface area contributed by atoms with Gasteiger partial charge in [-0.2, -0.15) is 0 Å². The van der Waals surface area contributed by atoms with Gasteiger partial charge in [0.1, 0.15) is 23.0 Å². The lowest BCUT2D eigenvalue weighted by Crippen LogP contribution is -2.29. The van der Waals surface area contributed by atoms with Crippen molar-refractivity contribution in [3.63, 3.8) is 0 Å². The van der Waals surface area contributed by atoms with Gasteiger partial charge in [0.25, 0.3) is 11.7 Å². The quantitative estimate of drug-likeness (QED) is 0.180. The van der Waals surface area contributed by atoms with E-state index in [0.717, 1.165) is 11.1 Å². The Kier molecular flexibility index (Phi) is 8.83. The van der Waals surface area contributed by atoms with Gasteiger partial charge in [0.05, 0.1) is 38.0 Å². The van der Waals surface area contributed by atoms with Gasteiger partial charge in [0.2, 0.25) is 0 Å². The number of hydrogen-bond donors (Lipinski definition) is 1. The fourth-order valence-electron chi connectivity index (χ4n) is 4.81. The van der Waals surface area contributed by atoms with E-state index >= 15 is 0 Å². The summed E-state index contributed by atoms with van der Waals surface area (Å²) in [6.07, 6.45) is -0.0606. The van der Waals surface area contributed by atoms with Gasteiger partial charge in [-0.1, -0.05) is 44.2 Å². The number of amides is 1. The first-order valence-electron chi connectivity index (χ1n) is 13.5. The summed E-state index contributed by atoms with van der Waals surface area (Å²) in [5.74, 6) is 0.607. The van der Waals surface area contributed by atoms with Gasteiger partial charge in [0.15, 0.2) is 0 Å². The summed E-state index contributed by atoms with van der Waals surface area (Å²) in [6, 6.07) is 19.1. The van der Waals surface area contributed by atoms with Crippen LogP contribution in [0.1, 0.15) is 56.0 Å². The number of rotatable bonds is 10. The van der Waals surface area contributed by atoms with Crippen molar-refractivity contribution in [3.8, 4) is 17.2 Å². The van der Waals surface area contributed by atoms with E-state index in [-0.39, 0.29) is 24.0 Å². The standard InChI is InChI=1S/C33H37NO6/c1-20(2)19-39-27-15-14-24(16-22(27)5)31(35)29-30(23-11-9-12-26(17-23)40-21(3)4)34(33(37)32(29)36)18-25-10-7-8-13-28(25)38-6/h7-17,20-21,30,35H,18-19H2,1-6H3/b31-29+. The zero-order valence-electron chi connectivity index (χ0n) is 23.9. The molecular formula is C33H37NO6. The second kappa shape index (κ2) is 12.3. The third kappa shape index (κ3) is 6.14. The number of methoxy groups -OCH3 is 1. The molecule has 1 amide bonds. The van der Waals surface area contributed by atoms with Crippen LogP contribution in [0.5, 0.6) is 17.2 Å². The van der Waals surface area contributed by atoms with E-state index in [9.17, 15) is 14.7 Å². The van der Waals surface area contributed by atoms with E-state index in [1.54, 1.807) is 25.3 Å². The second-order valence-electron chi connectivity index (χ2n) is 10.7. The van der Waals surface area contributed by atoms with E-state index in [4.69, 9.17) is 14.2 Å². The predicted octanol–water partition coefficient (Wildman–Crippen LogP) is 6.45. The van der Waals surface area contributed by atoms with Gasteiger partial charge in [-0.05, 0) is 74.2 Å². The maximum absolute atomic E-state index is 13.6. The molecule has 1 fully saturated rings. The number of Topliss-reactive ketones (excluding diaryl/α,β-unsaturated/α-hetero) is 1. The van der Waals surface area contributed by atoms with Crippen LogP contribution in [-0.4, -0.2) is 41.5 Å². The van der Waals surface area contributed by atoms with Crippen LogP contribution in [0.15, 0.2) is 72.3 Å². The minimum atomic E-state index is -0.835. The highest BCUT2D eigenvalue weighted by molar-refractivity contribution is 6.46. The Bertz CT molecular complexity index is 1420. The minimum absolute atomic E-state index is 0.0249. The topological polar surface area (TPSA) is 85.3 Å². The number of aliphatic hydroxyl groups is 1. The smallest absolute Gasteiger partial charge is 0.295 e. The van der Waals surface area contributed by atoms with Crippen molar-refractivity contribution in [2.24, 2.45) is 5.92 Å². The van der Waals surface area contributed by atoms with Crippen molar-refractivity contribution in [3.05, 3.63) is 94.6 Å². The Morgan fingerprint density at radius 3 is 2.38 bits per heavy atom. The molecule has 3 aromatic rings. The Labute approximate surface area is 236 Å². The van der Waals surface area contributed by atoms with Gasteiger partial charge in [-0.25, -0.2) is 0 Å². The van der Waals surface area contributed by atoms with Crippen molar-refractivity contribution in [1.82, 2.24) is 4.90 Å². The summed E-state index contributed by atoms with van der Waals surface area (Å²) in [7, 11) is 1.56. The summed E-state index contributed by atoms with van der Waals surface area (Å²) in [6.45, 7) is 10.6. The van der Waals surface area contributed by atoms with Gasteiger partial charge < -0.3 is 24.2 Å². The van der Waals surface area contributed by atoms with Crippen molar-refractivity contribution in [2.75, 3.05) is 13.7 Å². The van der Waals surface area contributed by atoms with Crippen LogP contribution < -0.4 is 14.2 Å². The number of hydrogen-bond acceptors (Lipinski definition) is 6. The van der Waals surface area contributed by atoms with Crippen LogP contribution in [0.4, 0.5) is 0 Å². The number of carbonyl (C=O) groups excluding carboxylic acids is 2. The van der Waals surface area contributed by atoms with E-state index in [1.165, 1.54) is 4.90 Å². The third-order valence-electron chi connectivity index (χ3n) is 6.64. The Balaban J connectivity index is 1.83. The normalized spacial score (nSPS) is 16.6. The van der Waals surface area contributed by atoms with Crippen LogP contribution in [0.2, 0.25) is 0 Å². The van der Waals surface area contributed by atoms with Gasteiger partial charge in [0, 0.05) is 11.1 Å². The molecule has 1 saturated heterocycles. The monoisotopic (exact) mass is 543 g/mol. The number of benzene rings is 3. The lowest BCUT2D eigenvalue weighted by atomic mass is 9.94. The molecule has 0 aliphatic carbocycles. The molecule has 1 aliphatic heterocycles. The van der Waals surface area contributed by atoms with Crippen LogP contribution in [0.25, 0.3) is 5.76 Å². The largest absolute Gasteiger partial charge is 0.507 e. The molecule has 7 heteroatoms. The highest BCUT2D eigenvalue weighted by Gasteiger charge is 2.46. The summed E-state index contributed by atoms with van der Waals surface area (Å²) in [4.78, 5) is 28.5. The fourth-order valence-corrected chi connectivity index (χ4v) is 4.81. The third-order valence-corrected chi connectivity index (χ3v) is 6.64. The highest BCUT2D eigenvalue weighted by atomic mass is 16.5. The van der Waals surface area contributed by atoms with Crippen molar-refractivity contribution in [2.45, 2.75) is 53.3 Å². The number of likely N-dealkylation sites (tertiary alicyclic amines) is 1. The molecule has 1 atom stereocenters. The Morgan fingerprint density at radius 2 is 1.70 bits per heavy atom. The number of ketones is 1. The van der Waals surface area contributed by atoms with Crippen molar-refractivity contribution >= 4 is 17.4 Å². The van der Waals surface area contributed by atoms with Gasteiger partial charge in [-0.15, -0.1) is 0 Å². The SMILES string of the molecule is COc1ccccc1CN1C(=O)C(=O)/C(=C(/O)c2ccc(OCC(C)C)c(C)c2)C1c1cccc(OC(C)C)c1. The summed E-state index contributed by atoms with van der Waals surface area (Å²) in [5, 5.41) is 11.6. The average Bonchev–Trinajstić information content (AvgIpc) is 3.17. The summed E-state index contributed by atoms with van der Waals surface area (Å²) < 4.78 is 17.3. The molecule has 1 N–H and O–H groups in total. The summed E-state index contributed by atoms with van der Waals surface area (Å²) >= 11 is 0. The molecule has 0 spiro atoms. The second-order valence-corrected chi connectivity index (χ2v) is 10.7. The van der Waals surface area contributed by atoms with Gasteiger partial charge in [-0.3, -0.25) is 9.59 Å². The number of ether oxygens (including phenoxy) is 3. The molecule has 1 aliphatic rings. The van der Waals surface area contributed by atoms with Crippen LogP contribution in [0, 0.1) is 12.8 Å². The first-order chi connectivity index (χ1) is 19.1. The number of aryl methyl sites for hydroxylation is 1. The first-order valence-corrected chi connectivity index (χ1v) is 13.5. The van der Waals surface area contributed by atoms with Crippen LogP contribution in [0.3, 0.4) is 0 Å². The molecule has 0 radical (unpaired) electrons. The molecule has 1 heterocycles. The lowest BCUT2D eigenvalue weighted by molar-refractivity contribution is -0.140. The van der Waals surface area contributed by atoms with E-state index in [0.29, 0.717) is 40.9 Å². The van der Waals surface area contributed by atoms with Crippen LogP contribution >= 0.6 is 0 Å². The molecule has 210 valence electrons. The molecule has 40 heavy (non-hydrogen) atoms. The van der Waals surface area contributed by atoms with Crippen molar-refractivity contribution < 1.29 is 28.9 Å². The van der Waals surface area contributed by atoms with E-state index < -0.39 is 17.7 Å². The zero-order valence-corrected chi connectivity index (χ0v) is 23.9. The van der Waals surface area contributed by atoms with Crippen LogP contribution in [-0.2, 0) is 16.1 Å². The molecule has 0 aromatic heterocycles. The number of carbonyl (C=O) groups is 2. The maximum atomic E-state index is 13.6. The first kappa shape index (κ1) is 28.7. The Hall–Kier alpha value is -4.26. The lowest BCUT2D eigenvalue weighted by Gasteiger charge is -2.26. The molecule has 1 unspecified atom stereocenters. The Morgan fingerprint density at radius 1 is 0.950 bits per heavy atom. The minimum Gasteiger partial charge on any atom is -0.507 e. The molecule has 0 bridgehead atoms. The highest BCUT2D eigenvalue weighted by Crippen LogP contribution is 2.42. The van der Waals surface area contributed by atoms with E-state index in [2.05, 4.69) is 13.8 Å². The van der Waals surface area contributed by atoms with Crippen molar-refractivity contribution in [1.29, 1.82) is 0 Å². The molecule has 7 nitrogen and oxygen atoms in total. The summed E-state index contributed by atoms with van der Waals surface area (Å²) in [5.41, 5.74) is 2.68. The number of aliphatic hydroxyl groups excluding tert-OH is 1. The average molecular weight is 544 g/mol. The van der Waals surface area contributed by atoms with E-state index in [1.807, 2.05) is 69.3 Å². The fraction of sp³-hybridized carbons (Fsp3) is 0.333. The molecular weight excluding hydrogens is 506 g/mol. The molecule has 0 saturated carbocycles. The number of nitrogens with zero attached hydrogens (tertiary/aromatic N) is 1. The number of para-hydroxylation sites is 1. The predicted molar refractivity (Wildman–Crippen MR) is 155 cm³/mol. The zero-order chi connectivity index (χ0) is 29.0.